The fourth-order valence-electron chi connectivity index (χ4n) is 1.78. The molecule has 1 aliphatic rings. The first-order chi connectivity index (χ1) is 8.65. The Morgan fingerprint density at radius 3 is 2.89 bits per heavy atom. The van der Waals surface area contributed by atoms with Crippen molar-refractivity contribution in [2.45, 2.75) is 18.9 Å². The van der Waals surface area contributed by atoms with Crippen LogP contribution in [0.25, 0.3) is 0 Å². The maximum absolute atomic E-state index is 12.2. The number of imidazole rings is 1. The summed E-state index contributed by atoms with van der Waals surface area (Å²) in [5.74, 6) is -1.54. The molecular formula is C11H15N3O4. The van der Waals surface area contributed by atoms with E-state index < -0.39 is 5.97 Å². The van der Waals surface area contributed by atoms with Crippen LogP contribution in [0.15, 0.2) is 6.33 Å². The molecule has 2 rings (SSSR count). The first-order valence-electron chi connectivity index (χ1n) is 5.71. The van der Waals surface area contributed by atoms with Gasteiger partial charge in [-0.05, 0) is 12.8 Å². The number of hydrogen-bond acceptors (Lipinski definition) is 4. The number of aromatic carboxylic acids is 1. The Kier molecular flexibility index (Phi) is 3.61. The number of H-pyrrole nitrogens is 1. The Labute approximate surface area is 104 Å². The second-order valence-electron chi connectivity index (χ2n) is 4.15. The summed E-state index contributed by atoms with van der Waals surface area (Å²) in [7, 11) is 1.56. The number of ether oxygens (including phenoxy) is 1. The molecule has 7 nitrogen and oxygen atoms in total. The summed E-state index contributed by atoms with van der Waals surface area (Å²) >= 11 is 0. The van der Waals surface area contributed by atoms with Gasteiger partial charge in [-0.15, -0.1) is 0 Å². The molecule has 1 amide bonds. The Bertz CT molecular complexity index is 453. The number of nitrogens with zero attached hydrogens (tertiary/aromatic N) is 2. The molecule has 0 bridgehead atoms. The lowest BCUT2D eigenvalue weighted by Crippen LogP contribution is -2.36. The van der Waals surface area contributed by atoms with Crippen LogP contribution in [0.2, 0.25) is 0 Å². The smallest absolute Gasteiger partial charge is 0.354 e. The topological polar surface area (TPSA) is 95.5 Å². The predicted octanol–water partition coefficient (Wildman–Crippen LogP) is 0.359. The zero-order valence-corrected chi connectivity index (χ0v) is 10.0. The summed E-state index contributed by atoms with van der Waals surface area (Å²) in [6.45, 7) is 0.876. The van der Waals surface area contributed by atoms with Gasteiger partial charge in [0.25, 0.3) is 5.91 Å². The van der Waals surface area contributed by atoms with Crippen LogP contribution in [-0.2, 0) is 4.74 Å². The lowest BCUT2D eigenvalue weighted by molar-refractivity contribution is 0.0640. The third-order valence-electron chi connectivity index (χ3n) is 2.84. The van der Waals surface area contributed by atoms with Crippen LogP contribution >= 0.6 is 0 Å². The van der Waals surface area contributed by atoms with E-state index in [1.807, 2.05) is 0 Å². The van der Waals surface area contributed by atoms with E-state index in [0.29, 0.717) is 13.2 Å². The highest BCUT2D eigenvalue weighted by Crippen LogP contribution is 2.28. The van der Waals surface area contributed by atoms with Gasteiger partial charge in [0.15, 0.2) is 11.4 Å². The van der Waals surface area contributed by atoms with Crippen molar-refractivity contribution >= 4 is 11.9 Å². The number of hydrogen-bond donors (Lipinski definition) is 2. The van der Waals surface area contributed by atoms with Crippen molar-refractivity contribution in [2.75, 3.05) is 20.3 Å². The van der Waals surface area contributed by atoms with Crippen molar-refractivity contribution in [2.24, 2.45) is 0 Å². The minimum Gasteiger partial charge on any atom is -0.477 e. The Balaban J connectivity index is 2.16. The molecule has 0 unspecified atom stereocenters. The second-order valence-corrected chi connectivity index (χ2v) is 4.15. The summed E-state index contributed by atoms with van der Waals surface area (Å²) in [5.41, 5.74) is -0.200. The molecule has 1 aliphatic carbocycles. The molecule has 98 valence electrons. The van der Waals surface area contributed by atoms with Gasteiger partial charge in [-0.1, -0.05) is 0 Å². The molecule has 1 saturated carbocycles. The maximum atomic E-state index is 12.2. The van der Waals surface area contributed by atoms with E-state index >= 15 is 0 Å². The zero-order valence-electron chi connectivity index (χ0n) is 10.0. The number of amides is 1. The average molecular weight is 253 g/mol. The van der Waals surface area contributed by atoms with Crippen LogP contribution < -0.4 is 0 Å². The van der Waals surface area contributed by atoms with Crippen LogP contribution in [0.1, 0.15) is 33.8 Å². The van der Waals surface area contributed by atoms with Gasteiger partial charge >= 0.3 is 5.97 Å². The SMILES string of the molecule is COCCN(C(=O)c1nc[nH]c1C(=O)O)C1CC1. The highest BCUT2D eigenvalue weighted by atomic mass is 16.5. The molecule has 0 radical (unpaired) electrons. The van der Waals surface area contributed by atoms with Crippen LogP contribution in [0.3, 0.4) is 0 Å². The molecule has 1 fully saturated rings. The average Bonchev–Trinajstić information content (AvgIpc) is 3.05. The van der Waals surface area contributed by atoms with Crippen molar-refractivity contribution in [3.05, 3.63) is 17.7 Å². The monoisotopic (exact) mass is 253 g/mol. The summed E-state index contributed by atoms with van der Waals surface area (Å²) < 4.78 is 4.96. The Morgan fingerprint density at radius 1 is 1.61 bits per heavy atom. The number of carboxylic acids is 1. The van der Waals surface area contributed by atoms with Gasteiger partial charge in [0, 0.05) is 19.7 Å². The molecule has 1 aromatic heterocycles. The van der Waals surface area contributed by atoms with Gasteiger partial charge in [-0.25, -0.2) is 9.78 Å². The van der Waals surface area contributed by atoms with Crippen LogP contribution in [0, 0.1) is 0 Å². The molecule has 1 heterocycles. The van der Waals surface area contributed by atoms with Crippen molar-refractivity contribution < 1.29 is 19.4 Å². The normalized spacial score (nSPS) is 14.5. The summed E-state index contributed by atoms with van der Waals surface area (Å²) in [5, 5.41) is 8.95. The third kappa shape index (κ3) is 2.51. The minimum atomic E-state index is -1.18. The van der Waals surface area contributed by atoms with Crippen molar-refractivity contribution in [3.63, 3.8) is 0 Å². The van der Waals surface area contributed by atoms with Gasteiger partial charge in [0.05, 0.1) is 12.9 Å². The molecule has 0 atom stereocenters. The lowest BCUT2D eigenvalue weighted by atomic mass is 10.2. The van der Waals surface area contributed by atoms with Crippen molar-refractivity contribution in [3.8, 4) is 0 Å². The van der Waals surface area contributed by atoms with Crippen molar-refractivity contribution in [1.82, 2.24) is 14.9 Å². The van der Waals surface area contributed by atoms with E-state index in [2.05, 4.69) is 9.97 Å². The number of carbonyl (C=O) groups is 2. The first-order valence-corrected chi connectivity index (χ1v) is 5.71. The molecule has 18 heavy (non-hydrogen) atoms. The number of aromatic amines is 1. The van der Waals surface area contributed by atoms with Gasteiger partial charge in [0.1, 0.15) is 0 Å². The van der Waals surface area contributed by atoms with Crippen LogP contribution in [0.4, 0.5) is 0 Å². The minimum absolute atomic E-state index is 0.0366. The van der Waals surface area contributed by atoms with E-state index in [9.17, 15) is 9.59 Å². The standard InChI is InChI=1S/C11H15N3O4/c1-18-5-4-14(7-2-3-7)10(15)8-9(11(16)17)13-6-12-8/h6-7H,2-5H2,1H3,(H,12,13)(H,16,17). The van der Waals surface area contributed by atoms with Crippen molar-refractivity contribution in [1.29, 1.82) is 0 Å². The molecule has 0 saturated heterocycles. The molecule has 1 aromatic rings. The van der Waals surface area contributed by atoms with E-state index in [0.717, 1.165) is 12.8 Å². The first kappa shape index (κ1) is 12.6. The van der Waals surface area contributed by atoms with Gasteiger partial charge in [0.2, 0.25) is 0 Å². The largest absolute Gasteiger partial charge is 0.477 e. The molecule has 0 aromatic carbocycles. The zero-order chi connectivity index (χ0) is 13.1. The van der Waals surface area contributed by atoms with Gasteiger partial charge in [-0.3, -0.25) is 4.79 Å². The summed E-state index contributed by atoms with van der Waals surface area (Å²) in [6.07, 6.45) is 3.11. The van der Waals surface area contributed by atoms with Gasteiger partial charge < -0.3 is 19.7 Å². The van der Waals surface area contributed by atoms with E-state index in [1.54, 1.807) is 12.0 Å². The Morgan fingerprint density at radius 2 is 2.33 bits per heavy atom. The third-order valence-corrected chi connectivity index (χ3v) is 2.84. The second kappa shape index (κ2) is 5.18. The molecule has 0 spiro atoms. The number of carbonyl (C=O) groups excluding carboxylic acids is 1. The fraction of sp³-hybridized carbons (Fsp3) is 0.545. The van der Waals surface area contributed by atoms with Gasteiger partial charge in [-0.2, -0.15) is 0 Å². The number of methoxy groups -OCH3 is 1. The highest BCUT2D eigenvalue weighted by Gasteiger charge is 2.35. The maximum Gasteiger partial charge on any atom is 0.354 e. The molecule has 2 N–H and O–H groups in total. The van der Waals surface area contributed by atoms with Crippen LogP contribution in [-0.4, -0.2) is 58.2 Å². The molecule has 0 aliphatic heterocycles. The Hall–Kier alpha value is -1.89. The van der Waals surface area contributed by atoms with Crippen LogP contribution in [0.5, 0.6) is 0 Å². The van der Waals surface area contributed by atoms with E-state index in [-0.39, 0.29) is 23.3 Å². The number of carboxylic acid groups (broad SMARTS) is 1. The lowest BCUT2D eigenvalue weighted by Gasteiger charge is -2.21. The quantitative estimate of drug-likeness (QED) is 0.763. The number of nitrogens with one attached hydrogen (secondary N) is 1. The molecular weight excluding hydrogens is 238 g/mol. The number of rotatable bonds is 6. The summed E-state index contributed by atoms with van der Waals surface area (Å²) in [6, 6.07) is 0.186. The fourth-order valence-corrected chi connectivity index (χ4v) is 1.78. The number of aromatic nitrogens is 2. The van der Waals surface area contributed by atoms with E-state index in [4.69, 9.17) is 9.84 Å². The summed E-state index contributed by atoms with van der Waals surface area (Å²) in [4.78, 5) is 31.1. The highest BCUT2D eigenvalue weighted by molar-refractivity contribution is 6.02. The predicted molar refractivity (Wildman–Crippen MR) is 61.5 cm³/mol. The molecule has 7 heteroatoms. The van der Waals surface area contributed by atoms with E-state index in [1.165, 1.54) is 6.33 Å².